The fourth-order valence-electron chi connectivity index (χ4n) is 1.25. The normalized spacial score (nSPS) is 10.7. The third-order valence-electron chi connectivity index (χ3n) is 2.26. The van der Waals surface area contributed by atoms with Crippen LogP contribution in [0.5, 0.6) is 11.5 Å². The summed E-state index contributed by atoms with van der Waals surface area (Å²) in [6.45, 7) is 3.45. The van der Waals surface area contributed by atoms with E-state index in [1.807, 2.05) is 0 Å². The number of rotatable bonds is 5. The topological polar surface area (TPSA) is 78.7 Å². The molecule has 1 aromatic carbocycles. The molecule has 0 heterocycles. The monoisotopic (exact) mass is 265 g/mol. The van der Waals surface area contributed by atoms with Crippen molar-refractivity contribution in [3.05, 3.63) is 40.1 Å². The quantitative estimate of drug-likeness (QED) is 0.354. The molecule has 6 nitrogen and oxygen atoms in total. The molecule has 0 radical (unpaired) electrons. The van der Waals surface area contributed by atoms with Gasteiger partial charge in [0.1, 0.15) is 0 Å². The highest BCUT2D eigenvalue weighted by molar-refractivity contribution is 5.75. The zero-order chi connectivity index (χ0) is 14.4. The second kappa shape index (κ2) is 6.53. The predicted molar refractivity (Wildman–Crippen MR) is 69.5 cm³/mol. The minimum Gasteiger partial charge on any atom is -0.493 e. The Balaban J connectivity index is 2.96. The number of ether oxygens (including phenoxy) is 2. The summed E-state index contributed by atoms with van der Waals surface area (Å²) in [4.78, 5) is 21.2. The van der Waals surface area contributed by atoms with Gasteiger partial charge in [-0.15, -0.1) is 0 Å². The number of benzene rings is 1. The molecule has 0 N–H and O–H groups in total. The lowest BCUT2D eigenvalue weighted by Crippen LogP contribution is -2.15. The molecule has 0 aromatic heterocycles. The van der Waals surface area contributed by atoms with Crippen LogP contribution in [0.4, 0.5) is 0 Å². The molecule has 0 saturated carbocycles. The molecule has 6 heteroatoms. The molecule has 0 aliphatic carbocycles. The van der Waals surface area contributed by atoms with Gasteiger partial charge in [0.25, 0.3) is 0 Å². The molecular weight excluding hydrogens is 250 g/mol. The van der Waals surface area contributed by atoms with Gasteiger partial charge in [0.15, 0.2) is 11.5 Å². The Labute approximate surface area is 110 Å². The first kappa shape index (κ1) is 14.7. The van der Waals surface area contributed by atoms with E-state index >= 15 is 0 Å². The lowest BCUT2D eigenvalue weighted by atomic mass is 10.2. The number of nitro groups is 1. The summed E-state index contributed by atoms with van der Waals surface area (Å²) in [5.74, 6) is 0.0181. The molecule has 0 saturated heterocycles. The highest BCUT2D eigenvalue weighted by atomic mass is 16.6. The van der Waals surface area contributed by atoms with Crippen LogP contribution in [-0.4, -0.2) is 18.0 Å². The Morgan fingerprint density at radius 2 is 2.05 bits per heavy atom. The van der Waals surface area contributed by atoms with Gasteiger partial charge in [0.2, 0.25) is 6.20 Å². The van der Waals surface area contributed by atoms with E-state index in [2.05, 4.69) is 0 Å². The van der Waals surface area contributed by atoms with E-state index in [1.165, 1.54) is 13.2 Å². The number of hydrogen-bond donors (Lipinski definition) is 0. The minimum absolute atomic E-state index is 0.251. The predicted octanol–water partition coefficient (Wildman–Crippen LogP) is 2.50. The van der Waals surface area contributed by atoms with E-state index in [9.17, 15) is 14.9 Å². The van der Waals surface area contributed by atoms with Gasteiger partial charge in [-0.3, -0.25) is 14.9 Å². The van der Waals surface area contributed by atoms with Gasteiger partial charge in [0, 0.05) is 6.08 Å². The van der Waals surface area contributed by atoms with Crippen LogP contribution in [0.25, 0.3) is 6.08 Å². The molecule has 0 amide bonds. The van der Waals surface area contributed by atoms with Gasteiger partial charge < -0.3 is 9.47 Å². The summed E-state index contributed by atoms with van der Waals surface area (Å²) in [7, 11) is 1.43. The average molecular weight is 265 g/mol. The maximum atomic E-state index is 11.5. The molecule has 0 spiro atoms. The fraction of sp³-hybridized carbons (Fsp3) is 0.308. The molecule has 0 aliphatic rings. The second-order valence-electron chi connectivity index (χ2n) is 4.09. The summed E-state index contributed by atoms with van der Waals surface area (Å²) in [6.07, 6.45) is 2.16. The van der Waals surface area contributed by atoms with Crippen molar-refractivity contribution in [2.24, 2.45) is 5.92 Å². The Hall–Kier alpha value is -2.37. The van der Waals surface area contributed by atoms with Gasteiger partial charge in [-0.25, -0.2) is 0 Å². The van der Waals surface area contributed by atoms with Gasteiger partial charge in [0.05, 0.1) is 18.0 Å². The van der Waals surface area contributed by atoms with Crippen LogP contribution in [0.1, 0.15) is 19.4 Å². The molecule has 1 aromatic rings. The highest BCUT2D eigenvalue weighted by Gasteiger charge is 2.13. The molecule has 0 fully saturated rings. The lowest BCUT2D eigenvalue weighted by molar-refractivity contribution is -0.400. The van der Waals surface area contributed by atoms with Crippen LogP contribution in [0.2, 0.25) is 0 Å². The summed E-state index contributed by atoms with van der Waals surface area (Å²) < 4.78 is 10.2. The van der Waals surface area contributed by atoms with Crippen LogP contribution in [0.3, 0.4) is 0 Å². The van der Waals surface area contributed by atoms with Crippen molar-refractivity contribution in [2.75, 3.05) is 7.11 Å². The highest BCUT2D eigenvalue weighted by Crippen LogP contribution is 2.29. The van der Waals surface area contributed by atoms with Crippen molar-refractivity contribution in [1.29, 1.82) is 0 Å². The molecular formula is C13H15NO5. The van der Waals surface area contributed by atoms with Gasteiger partial charge in [-0.05, 0) is 17.7 Å². The first-order valence-electron chi connectivity index (χ1n) is 5.65. The van der Waals surface area contributed by atoms with Crippen molar-refractivity contribution >= 4 is 12.0 Å². The van der Waals surface area contributed by atoms with Crippen molar-refractivity contribution in [3.63, 3.8) is 0 Å². The Bertz CT molecular complexity index is 508. The van der Waals surface area contributed by atoms with Crippen molar-refractivity contribution in [3.8, 4) is 11.5 Å². The summed E-state index contributed by atoms with van der Waals surface area (Å²) >= 11 is 0. The number of carbonyl (C=O) groups is 1. The molecule has 1 rings (SSSR count). The van der Waals surface area contributed by atoms with Crippen LogP contribution in [0.15, 0.2) is 24.4 Å². The van der Waals surface area contributed by atoms with E-state index in [-0.39, 0.29) is 11.9 Å². The smallest absolute Gasteiger partial charge is 0.313 e. The van der Waals surface area contributed by atoms with Crippen LogP contribution in [-0.2, 0) is 4.79 Å². The van der Waals surface area contributed by atoms with Gasteiger partial charge >= 0.3 is 5.97 Å². The Kier molecular flexibility index (Phi) is 5.05. The summed E-state index contributed by atoms with van der Waals surface area (Å²) in [6, 6.07) is 4.70. The van der Waals surface area contributed by atoms with E-state index in [0.717, 1.165) is 6.20 Å². The summed E-state index contributed by atoms with van der Waals surface area (Å²) in [5, 5.41) is 10.2. The third-order valence-corrected chi connectivity index (χ3v) is 2.26. The first-order valence-corrected chi connectivity index (χ1v) is 5.65. The maximum absolute atomic E-state index is 11.5. The van der Waals surface area contributed by atoms with E-state index < -0.39 is 4.92 Å². The van der Waals surface area contributed by atoms with E-state index in [0.29, 0.717) is 17.1 Å². The average Bonchev–Trinajstić information content (AvgIpc) is 2.37. The molecule has 0 aliphatic heterocycles. The summed E-state index contributed by atoms with van der Waals surface area (Å²) in [5.41, 5.74) is 0.581. The standard InChI is InChI=1S/C13H15NO5/c1-9(2)13(15)19-11-5-4-10(6-7-14(16)17)8-12(11)18-3/h4-9H,1-3H3/b7-6+. The number of esters is 1. The zero-order valence-corrected chi connectivity index (χ0v) is 11.0. The molecule has 19 heavy (non-hydrogen) atoms. The zero-order valence-electron chi connectivity index (χ0n) is 11.0. The number of methoxy groups -OCH3 is 1. The maximum Gasteiger partial charge on any atom is 0.313 e. The number of nitrogens with zero attached hydrogens (tertiary/aromatic N) is 1. The van der Waals surface area contributed by atoms with Crippen LogP contribution < -0.4 is 9.47 Å². The molecule has 0 unspecified atom stereocenters. The lowest BCUT2D eigenvalue weighted by Gasteiger charge is -2.11. The van der Waals surface area contributed by atoms with Crippen molar-refractivity contribution in [2.45, 2.75) is 13.8 Å². The van der Waals surface area contributed by atoms with Gasteiger partial charge in [-0.1, -0.05) is 19.9 Å². The number of carbonyl (C=O) groups excluding carboxylic acids is 1. The third kappa shape index (κ3) is 4.42. The van der Waals surface area contributed by atoms with Crippen molar-refractivity contribution < 1.29 is 19.2 Å². The van der Waals surface area contributed by atoms with Gasteiger partial charge in [-0.2, -0.15) is 0 Å². The molecule has 0 atom stereocenters. The largest absolute Gasteiger partial charge is 0.493 e. The first-order chi connectivity index (χ1) is 8.93. The van der Waals surface area contributed by atoms with Crippen LogP contribution in [0, 0.1) is 16.0 Å². The SMILES string of the molecule is COc1cc(/C=C/[N+](=O)[O-])ccc1OC(=O)C(C)C. The van der Waals surface area contributed by atoms with Crippen molar-refractivity contribution in [1.82, 2.24) is 0 Å². The second-order valence-corrected chi connectivity index (χ2v) is 4.09. The van der Waals surface area contributed by atoms with E-state index in [1.54, 1.807) is 32.0 Å². The minimum atomic E-state index is -0.556. The molecule has 0 bridgehead atoms. The fourth-order valence-corrected chi connectivity index (χ4v) is 1.25. The van der Waals surface area contributed by atoms with Crippen LogP contribution >= 0.6 is 0 Å². The van der Waals surface area contributed by atoms with E-state index in [4.69, 9.17) is 9.47 Å². The number of hydrogen-bond acceptors (Lipinski definition) is 5. The Morgan fingerprint density at radius 1 is 1.37 bits per heavy atom. The Morgan fingerprint density at radius 3 is 2.58 bits per heavy atom. The molecule has 102 valence electrons.